The molecule has 0 fully saturated rings. The van der Waals surface area contributed by atoms with Gasteiger partial charge in [0.05, 0.1) is 23.1 Å². The van der Waals surface area contributed by atoms with E-state index in [1.54, 1.807) is 11.3 Å². The Bertz CT molecular complexity index is 594. The highest BCUT2D eigenvalue weighted by molar-refractivity contribution is 7.10. The zero-order valence-electron chi connectivity index (χ0n) is 9.81. The Kier molecular flexibility index (Phi) is 2.23. The molecule has 0 bridgehead atoms. The normalized spacial score (nSPS) is 20.8. The first-order chi connectivity index (χ1) is 8.90. The Morgan fingerprint density at radius 3 is 3.28 bits per heavy atom. The summed E-state index contributed by atoms with van der Waals surface area (Å²) < 4.78 is 0. The molecule has 0 saturated heterocycles. The van der Waals surface area contributed by atoms with Crippen molar-refractivity contribution in [2.75, 3.05) is 23.7 Å². The third-order valence-electron chi connectivity index (χ3n) is 3.52. The number of thiazole rings is 1. The lowest BCUT2D eigenvalue weighted by atomic mass is 10.0. The molecule has 0 aromatic carbocycles. The van der Waals surface area contributed by atoms with Gasteiger partial charge in [0.2, 0.25) is 0 Å². The van der Waals surface area contributed by atoms with E-state index in [1.165, 1.54) is 4.88 Å². The fraction of sp³-hybridized carbons (Fsp3) is 0.417. The van der Waals surface area contributed by atoms with E-state index >= 15 is 0 Å². The van der Waals surface area contributed by atoms with Gasteiger partial charge in [0.1, 0.15) is 11.6 Å². The van der Waals surface area contributed by atoms with Gasteiger partial charge in [-0.2, -0.15) is 0 Å². The molecule has 92 valence electrons. The SMILES string of the molecule is c1nc2c(s1)CC(c1ncc3c(n1)CCN3)CN2. The largest absolute Gasteiger partial charge is 0.382 e. The van der Waals surface area contributed by atoms with Crippen LogP contribution in [0.2, 0.25) is 0 Å². The van der Waals surface area contributed by atoms with Crippen molar-refractivity contribution in [2.24, 2.45) is 0 Å². The first kappa shape index (κ1) is 10.3. The second-order valence-corrected chi connectivity index (χ2v) is 5.61. The molecule has 4 rings (SSSR count). The molecule has 4 heterocycles. The molecule has 2 aliphatic rings. The monoisotopic (exact) mass is 259 g/mol. The summed E-state index contributed by atoms with van der Waals surface area (Å²) in [5.74, 6) is 2.37. The van der Waals surface area contributed by atoms with Crippen LogP contribution >= 0.6 is 11.3 Å². The van der Waals surface area contributed by atoms with Gasteiger partial charge in [0.25, 0.3) is 0 Å². The fourth-order valence-corrected chi connectivity index (χ4v) is 3.36. The topological polar surface area (TPSA) is 62.7 Å². The first-order valence-electron chi connectivity index (χ1n) is 6.16. The third-order valence-corrected chi connectivity index (χ3v) is 4.37. The number of rotatable bonds is 1. The van der Waals surface area contributed by atoms with Gasteiger partial charge in [-0.15, -0.1) is 11.3 Å². The number of anilines is 2. The van der Waals surface area contributed by atoms with Crippen LogP contribution in [0.25, 0.3) is 0 Å². The summed E-state index contributed by atoms with van der Waals surface area (Å²) in [6.45, 7) is 1.86. The molecular weight excluding hydrogens is 246 g/mol. The van der Waals surface area contributed by atoms with Crippen molar-refractivity contribution in [3.05, 3.63) is 28.1 Å². The Labute approximate surface area is 109 Å². The van der Waals surface area contributed by atoms with Gasteiger partial charge in [-0.3, -0.25) is 0 Å². The lowest BCUT2D eigenvalue weighted by Gasteiger charge is -2.21. The molecule has 0 spiro atoms. The van der Waals surface area contributed by atoms with E-state index in [0.717, 1.165) is 49.0 Å². The van der Waals surface area contributed by atoms with Gasteiger partial charge < -0.3 is 10.6 Å². The van der Waals surface area contributed by atoms with Crippen molar-refractivity contribution in [3.63, 3.8) is 0 Å². The van der Waals surface area contributed by atoms with E-state index in [0.29, 0.717) is 5.92 Å². The molecule has 0 radical (unpaired) electrons. The van der Waals surface area contributed by atoms with Crippen LogP contribution in [0.5, 0.6) is 0 Å². The molecule has 2 aromatic heterocycles. The number of fused-ring (bicyclic) bond motifs is 2. The summed E-state index contributed by atoms with van der Waals surface area (Å²) in [6.07, 6.45) is 3.93. The Morgan fingerprint density at radius 1 is 1.28 bits per heavy atom. The van der Waals surface area contributed by atoms with Crippen LogP contribution in [0, 0.1) is 0 Å². The van der Waals surface area contributed by atoms with E-state index in [1.807, 2.05) is 11.7 Å². The fourth-order valence-electron chi connectivity index (χ4n) is 2.54. The van der Waals surface area contributed by atoms with E-state index in [-0.39, 0.29) is 0 Å². The average Bonchev–Trinajstić information content (AvgIpc) is 3.05. The molecule has 18 heavy (non-hydrogen) atoms. The van der Waals surface area contributed by atoms with Crippen LogP contribution in [0.1, 0.15) is 22.3 Å². The van der Waals surface area contributed by atoms with Crippen LogP contribution in [-0.2, 0) is 12.8 Å². The molecule has 5 nitrogen and oxygen atoms in total. The van der Waals surface area contributed by atoms with Gasteiger partial charge in [0.15, 0.2) is 0 Å². The Morgan fingerprint density at radius 2 is 2.28 bits per heavy atom. The molecule has 6 heteroatoms. The maximum Gasteiger partial charge on any atom is 0.140 e. The molecule has 1 atom stereocenters. The van der Waals surface area contributed by atoms with E-state index < -0.39 is 0 Å². The Balaban J connectivity index is 1.65. The van der Waals surface area contributed by atoms with E-state index in [2.05, 4.69) is 20.6 Å². The molecule has 0 aliphatic carbocycles. The van der Waals surface area contributed by atoms with Gasteiger partial charge >= 0.3 is 0 Å². The van der Waals surface area contributed by atoms with Gasteiger partial charge in [-0.05, 0) is 6.42 Å². The standard InChI is InChI=1S/C12H13N5S/c1-2-13-9-5-15-11(17-8(1)9)7-3-10-12(14-4-7)16-6-18-10/h5-7,13-14H,1-4H2. The summed E-state index contributed by atoms with van der Waals surface area (Å²) in [5.41, 5.74) is 4.16. The number of nitrogens with one attached hydrogen (secondary N) is 2. The van der Waals surface area contributed by atoms with Crippen molar-refractivity contribution in [1.29, 1.82) is 0 Å². The van der Waals surface area contributed by atoms with Crippen LogP contribution < -0.4 is 10.6 Å². The number of nitrogens with zero attached hydrogens (tertiary/aromatic N) is 3. The minimum Gasteiger partial charge on any atom is -0.382 e. The van der Waals surface area contributed by atoms with Crippen molar-refractivity contribution in [3.8, 4) is 0 Å². The van der Waals surface area contributed by atoms with Crippen LogP contribution in [0.15, 0.2) is 11.7 Å². The summed E-state index contributed by atoms with van der Waals surface area (Å²) in [4.78, 5) is 14.8. The number of aromatic nitrogens is 3. The first-order valence-corrected chi connectivity index (χ1v) is 7.04. The van der Waals surface area contributed by atoms with Crippen molar-refractivity contribution in [1.82, 2.24) is 15.0 Å². The zero-order valence-corrected chi connectivity index (χ0v) is 10.6. The second-order valence-electron chi connectivity index (χ2n) is 4.67. The molecule has 0 amide bonds. The predicted molar refractivity (Wildman–Crippen MR) is 71.3 cm³/mol. The summed E-state index contributed by atoms with van der Waals surface area (Å²) in [7, 11) is 0. The highest BCUT2D eigenvalue weighted by atomic mass is 32.1. The minimum absolute atomic E-state index is 0.365. The van der Waals surface area contributed by atoms with Crippen LogP contribution in [0.4, 0.5) is 11.5 Å². The van der Waals surface area contributed by atoms with Crippen LogP contribution in [-0.4, -0.2) is 28.0 Å². The highest BCUT2D eigenvalue weighted by Crippen LogP contribution is 2.31. The molecule has 2 aromatic rings. The quantitative estimate of drug-likeness (QED) is 0.815. The maximum atomic E-state index is 4.70. The zero-order chi connectivity index (χ0) is 11.9. The number of hydrogen-bond donors (Lipinski definition) is 2. The minimum atomic E-state index is 0.365. The van der Waals surface area contributed by atoms with Crippen LogP contribution in [0.3, 0.4) is 0 Å². The van der Waals surface area contributed by atoms with Gasteiger partial charge in [-0.1, -0.05) is 0 Å². The Hall–Kier alpha value is -1.69. The predicted octanol–water partition coefficient (Wildman–Crippen LogP) is 1.65. The number of hydrogen-bond acceptors (Lipinski definition) is 6. The lowest BCUT2D eigenvalue weighted by Crippen LogP contribution is -2.22. The molecule has 2 N–H and O–H groups in total. The summed E-state index contributed by atoms with van der Waals surface area (Å²) >= 11 is 1.71. The van der Waals surface area contributed by atoms with Crippen molar-refractivity contribution in [2.45, 2.75) is 18.8 Å². The lowest BCUT2D eigenvalue weighted by molar-refractivity contribution is 0.649. The summed E-state index contributed by atoms with van der Waals surface area (Å²) in [5, 5.41) is 6.66. The van der Waals surface area contributed by atoms with E-state index in [4.69, 9.17) is 4.98 Å². The smallest absolute Gasteiger partial charge is 0.140 e. The highest BCUT2D eigenvalue weighted by Gasteiger charge is 2.25. The third kappa shape index (κ3) is 1.56. The summed E-state index contributed by atoms with van der Waals surface area (Å²) in [6, 6.07) is 0. The molecule has 1 unspecified atom stereocenters. The average molecular weight is 259 g/mol. The maximum absolute atomic E-state index is 4.70. The molecule has 2 aliphatic heterocycles. The van der Waals surface area contributed by atoms with E-state index in [9.17, 15) is 0 Å². The van der Waals surface area contributed by atoms with Gasteiger partial charge in [-0.25, -0.2) is 15.0 Å². The second kappa shape index (κ2) is 3.91. The molecular formula is C12H13N5S. The van der Waals surface area contributed by atoms with Crippen molar-refractivity contribution < 1.29 is 0 Å². The van der Waals surface area contributed by atoms with Crippen molar-refractivity contribution >= 4 is 22.8 Å². The molecule has 0 saturated carbocycles. The van der Waals surface area contributed by atoms with Gasteiger partial charge in [0, 0.05) is 30.3 Å².